The van der Waals surface area contributed by atoms with Crippen molar-refractivity contribution in [1.82, 2.24) is 15.5 Å². The number of fused-ring (bicyclic) bond motifs is 1. The molecule has 7 heteroatoms. The van der Waals surface area contributed by atoms with Gasteiger partial charge >= 0.3 is 0 Å². The Bertz CT molecular complexity index is 705. The van der Waals surface area contributed by atoms with E-state index in [0.717, 1.165) is 19.5 Å². The summed E-state index contributed by atoms with van der Waals surface area (Å²) in [5.41, 5.74) is 2.67. The number of anilines is 1. The Hall–Kier alpha value is -2.12. The van der Waals surface area contributed by atoms with E-state index in [9.17, 15) is 9.59 Å². The van der Waals surface area contributed by atoms with Gasteiger partial charge in [0.05, 0.1) is 25.0 Å². The molecule has 7 nitrogen and oxygen atoms in total. The normalized spacial score (nSPS) is 24.7. The predicted molar refractivity (Wildman–Crippen MR) is 107 cm³/mol. The topological polar surface area (TPSA) is 73.9 Å². The number of hydrogen-bond donors (Lipinski definition) is 2. The Morgan fingerprint density at radius 1 is 1.11 bits per heavy atom. The van der Waals surface area contributed by atoms with Gasteiger partial charge in [-0.1, -0.05) is 18.2 Å². The lowest BCUT2D eigenvalue weighted by Gasteiger charge is -2.34. The number of amides is 2. The summed E-state index contributed by atoms with van der Waals surface area (Å²) in [7, 11) is 0. The Morgan fingerprint density at radius 2 is 1.89 bits per heavy atom. The summed E-state index contributed by atoms with van der Waals surface area (Å²) in [5.74, 6) is -0.0518. The van der Waals surface area contributed by atoms with E-state index in [0.29, 0.717) is 52.4 Å². The van der Waals surface area contributed by atoms with Crippen LogP contribution in [0.25, 0.3) is 0 Å². The van der Waals surface area contributed by atoms with E-state index in [1.807, 2.05) is 4.90 Å². The second kappa shape index (κ2) is 8.92. The maximum Gasteiger partial charge on any atom is 0.227 e. The summed E-state index contributed by atoms with van der Waals surface area (Å²) >= 11 is 0. The molecule has 3 aliphatic heterocycles. The van der Waals surface area contributed by atoms with Crippen LogP contribution in [-0.4, -0.2) is 75.7 Å². The van der Waals surface area contributed by atoms with Crippen molar-refractivity contribution in [2.45, 2.75) is 12.8 Å². The fourth-order valence-electron chi connectivity index (χ4n) is 4.47. The quantitative estimate of drug-likeness (QED) is 0.759. The van der Waals surface area contributed by atoms with Crippen LogP contribution < -0.4 is 15.5 Å². The third-order valence-corrected chi connectivity index (χ3v) is 6.06. The average molecular weight is 386 g/mol. The van der Waals surface area contributed by atoms with E-state index < -0.39 is 0 Å². The second-order valence-corrected chi connectivity index (χ2v) is 7.88. The average Bonchev–Trinajstić information content (AvgIpc) is 3.17. The van der Waals surface area contributed by atoms with Crippen LogP contribution in [0.1, 0.15) is 12.0 Å². The van der Waals surface area contributed by atoms with Crippen molar-refractivity contribution in [2.75, 3.05) is 63.9 Å². The molecule has 1 aromatic rings. The maximum absolute atomic E-state index is 12.7. The second-order valence-electron chi connectivity index (χ2n) is 7.88. The zero-order valence-corrected chi connectivity index (χ0v) is 16.4. The van der Waals surface area contributed by atoms with Crippen LogP contribution in [0, 0.1) is 11.8 Å². The molecule has 1 aromatic carbocycles. The van der Waals surface area contributed by atoms with Crippen molar-refractivity contribution >= 4 is 17.5 Å². The first kappa shape index (κ1) is 19.2. The zero-order valence-electron chi connectivity index (χ0n) is 16.4. The highest BCUT2D eigenvalue weighted by atomic mass is 16.5. The number of para-hydroxylation sites is 1. The molecule has 28 heavy (non-hydrogen) atoms. The molecule has 0 aromatic heterocycles. The van der Waals surface area contributed by atoms with Gasteiger partial charge in [0.2, 0.25) is 11.8 Å². The van der Waals surface area contributed by atoms with E-state index >= 15 is 0 Å². The largest absolute Gasteiger partial charge is 0.378 e. The molecule has 152 valence electrons. The molecule has 0 radical (unpaired) electrons. The molecule has 2 fully saturated rings. The molecular formula is C21H30N4O3. The molecule has 3 heterocycles. The number of nitrogens with one attached hydrogen (secondary N) is 2. The van der Waals surface area contributed by atoms with Crippen LogP contribution in [0.15, 0.2) is 24.3 Å². The Kier molecular flexibility index (Phi) is 6.12. The lowest BCUT2D eigenvalue weighted by molar-refractivity contribution is -0.141. The minimum atomic E-state index is -0.144. The highest BCUT2D eigenvalue weighted by Crippen LogP contribution is 2.26. The summed E-state index contributed by atoms with van der Waals surface area (Å²) < 4.78 is 5.33. The summed E-state index contributed by atoms with van der Waals surface area (Å²) in [6, 6.07) is 8.47. The Morgan fingerprint density at radius 3 is 2.75 bits per heavy atom. The van der Waals surface area contributed by atoms with Gasteiger partial charge < -0.3 is 25.2 Å². The smallest absolute Gasteiger partial charge is 0.227 e. The number of nitrogens with zero attached hydrogens (tertiary/aromatic N) is 2. The molecule has 0 aliphatic carbocycles. The van der Waals surface area contributed by atoms with Crippen LogP contribution in [-0.2, 0) is 20.7 Å². The molecule has 2 saturated heterocycles. The van der Waals surface area contributed by atoms with Crippen molar-refractivity contribution in [3.8, 4) is 0 Å². The molecule has 0 unspecified atom stereocenters. The number of hydrogen-bond acceptors (Lipinski definition) is 5. The number of benzene rings is 1. The van der Waals surface area contributed by atoms with Crippen LogP contribution in [0.2, 0.25) is 0 Å². The van der Waals surface area contributed by atoms with Crippen LogP contribution >= 0.6 is 0 Å². The van der Waals surface area contributed by atoms with E-state index in [1.165, 1.54) is 11.3 Å². The molecule has 0 bridgehead atoms. The standard InChI is InChI=1S/C21H30N4O3/c26-20(23-6-8-24-7-5-16-3-1-2-4-19(16)24)17-13-18(15-22-14-17)21(27)25-9-11-28-12-10-25/h1-4,17-18,22H,5-15H2,(H,23,26)/t17-,18+/m1/s1. The van der Waals surface area contributed by atoms with Crippen molar-refractivity contribution in [2.24, 2.45) is 11.8 Å². The van der Waals surface area contributed by atoms with E-state index in [4.69, 9.17) is 4.74 Å². The van der Waals surface area contributed by atoms with Gasteiger partial charge in [-0.05, 0) is 24.5 Å². The molecule has 2 N–H and O–H groups in total. The van der Waals surface area contributed by atoms with Crippen molar-refractivity contribution in [3.05, 3.63) is 29.8 Å². The lowest BCUT2D eigenvalue weighted by atomic mass is 9.88. The van der Waals surface area contributed by atoms with E-state index in [-0.39, 0.29) is 23.7 Å². The third-order valence-electron chi connectivity index (χ3n) is 6.06. The molecule has 2 amide bonds. The van der Waals surface area contributed by atoms with Gasteiger partial charge in [0.1, 0.15) is 0 Å². The van der Waals surface area contributed by atoms with E-state index in [1.54, 1.807) is 0 Å². The Labute approximate surface area is 166 Å². The van der Waals surface area contributed by atoms with Crippen molar-refractivity contribution in [3.63, 3.8) is 0 Å². The first-order chi connectivity index (χ1) is 13.7. The summed E-state index contributed by atoms with van der Waals surface area (Å²) in [5, 5.41) is 6.36. The van der Waals surface area contributed by atoms with Gasteiger partial charge in [-0.25, -0.2) is 0 Å². The molecule has 0 spiro atoms. The summed E-state index contributed by atoms with van der Waals surface area (Å²) in [6.45, 7) is 6.29. The van der Waals surface area contributed by atoms with Crippen molar-refractivity contribution in [1.29, 1.82) is 0 Å². The van der Waals surface area contributed by atoms with Gasteiger partial charge in [-0.3, -0.25) is 9.59 Å². The summed E-state index contributed by atoms with van der Waals surface area (Å²) in [6.07, 6.45) is 1.70. The van der Waals surface area contributed by atoms with Gasteiger partial charge in [0.15, 0.2) is 0 Å². The minimum absolute atomic E-state index is 0.0551. The highest BCUT2D eigenvalue weighted by Gasteiger charge is 2.33. The van der Waals surface area contributed by atoms with E-state index in [2.05, 4.69) is 39.8 Å². The zero-order chi connectivity index (χ0) is 19.3. The van der Waals surface area contributed by atoms with Crippen LogP contribution in [0.4, 0.5) is 5.69 Å². The fraction of sp³-hybridized carbons (Fsp3) is 0.619. The SMILES string of the molecule is O=C(NCCN1CCc2ccccc21)[C@H]1CNC[C@@H](C(=O)N2CCOCC2)C1. The minimum Gasteiger partial charge on any atom is -0.378 e. The van der Waals surface area contributed by atoms with Gasteiger partial charge in [-0.15, -0.1) is 0 Å². The van der Waals surface area contributed by atoms with Gasteiger partial charge in [0.25, 0.3) is 0 Å². The van der Waals surface area contributed by atoms with Crippen LogP contribution in [0.5, 0.6) is 0 Å². The molecular weight excluding hydrogens is 356 g/mol. The summed E-state index contributed by atoms with van der Waals surface area (Å²) in [4.78, 5) is 29.6. The monoisotopic (exact) mass is 386 g/mol. The first-order valence-electron chi connectivity index (χ1n) is 10.4. The molecule has 3 aliphatic rings. The number of morpholine rings is 1. The van der Waals surface area contributed by atoms with Gasteiger partial charge in [-0.2, -0.15) is 0 Å². The number of carbonyl (C=O) groups is 2. The van der Waals surface area contributed by atoms with Crippen molar-refractivity contribution < 1.29 is 14.3 Å². The number of piperidine rings is 1. The maximum atomic E-state index is 12.7. The predicted octanol–water partition coefficient (Wildman–Crippen LogP) is 0.250. The Balaban J connectivity index is 1.24. The highest BCUT2D eigenvalue weighted by molar-refractivity contribution is 5.83. The molecule has 2 atom stereocenters. The number of ether oxygens (including phenoxy) is 1. The van der Waals surface area contributed by atoms with Crippen LogP contribution in [0.3, 0.4) is 0 Å². The number of rotatable bonds is 5. The first-order valence-corrected chi connectivity index (χ1v) is 10.4. The number of carbonyl (C=O) groups excluding carboxylic acids is 2. The third kappa shape index (κ3) is 4.31. The fourth-order valence-corrected chi connectivity index (χ4v) is 4.47. The van der Waals surface area contributed by atoms with Gasteiger partial charge in [0, 0.05) is 51.5 Å². The molecule has 4 rings (SSSR count). The molecule has 0 saturated carbocycles. The lowest BCUT2D eigenvalue weighted by Crippen LogP contribution is -2.51.